The van der Waals surface area contributed by atoms with Crippen LogP contribution in [0, 0.1) is 12.7 Å². The first-order chi connectivity index (χ1) is 24.1. The number of carbonyl (C=O) groups is 1. The Morgan fingerprint density at radius 3 is 2.42 bits per heavy atom. The van der Waals surface area contributed by atoms with Crippen molar-refractivity contribution in [2.75, 3.05) is 25.1 Å². The Kier molecular flexibility index (Phi) is 11.4. The summed E-state index contributed by atoms with van der Waals surface area (Å²) < 4.78 is 32.5. The molecular formula is C40H41FN4O5. The van der Waals surface area contributed by atoms with E-state index in [2.05, 4.69) is 25.7 Å². The molecule has 5 rings (SSSR count). The molecule has 0 bridgehead atoms. The number of rotatable bonds is 14. The van der Waals surface area contributed by atoms with Crippen molar-refractivity contribution in [2.24, 2.45) is 5.10 Å². The van der Waals surface area contributed by atoms with Gasteiger partial charge in [0, 0.05) is 16.8 Å². The highest BCUT2D eigenvalue weighted by Crippen LogP contribution is 2.35. The molecule has 0 atom stereocenters. The van der Waals surface area contributed by atoms with Gasteiger partial charge in [0.05, 0.1) is 30.3 Å². The van der Waals surface area contributed by atoms with Crippen molar-refractivity contribution < 1.29 is 23.4 Å². The summed E-state index contributed by atoms with van der Waals surface area (Å²) in [5, 5.41) is 7.84. The summed E-state index contributed by atoms with van der Waals surface area (Å²) in [5.74, 6) is 1.32. The van der Waals surface area contributed by atoms with Crippen molar-refractivity contribution >= 4 is 28.7 Å². The maximum atomic E-state index is 14.0. The number of benzene rings is 4. The lowest BCUT2D eigenvalue weighted by Gasteiger charge is -2.18. The maximum absolute atomic E-state index is 14.0. The third-order valence-electron chi connectivity index (χ3n) is 7.89. The molecule has 0 spiro atoms. The quantitative estimate of drug-likeness (QED) is 0.0943. The lowest BCUT2D eigenvalue weighted by Crippen LogP contribution is -2.21. The SMILES string of the molecule is C=CCc1cc(C=Nn2c(-c3cc(C(C)C)c(OCC)cc3C)nc3ccccc3c2=O)cc(OCC)c1OCC(=O)Nc1ccc(F)cc1. The van der Waals surface area contributed by atoms with Gasteiger partial charge >= 0.3 is 0 Å². The number of amides is 1. The minimum Gasteiger partial charge on any atom is -0.494 e. The average molecular weight is 677 g/mol. The summed E-state index contributed by atoms with van der Waals surface area (Å²) in [6.45, 7) is 14.4. The molecule has 50 heavy (non-hydrogen) atoms. The Bertz CT molecular complexity index is 2100. The van der Waals surface area contributed by atoms with Crippen LogP contribution in [0.25, 0.3) is 22.3 Å². The molecule has 0 aliphatic heterocycles. The monoisotopic (exact) mass is 676 g/mol. The zero-order valence-electron chi connectivity index (χ0n) is 29.0. The van der Waals surface area contributed by atoms with Crippen LogP contribution in [0.3, 0.4) is 0 Å². The molecular weight excluding hydrogens is 635 g/mol. The van der Waals surface area contributed by atoms with E-state index >= 15 is 0 Å². The number of aromatic nitrogens is 2. The summed E-state index contributed by atoms with van der Waals surface area (Å²) in [7, 11) is 0. The van der Waals surface area contributed by atoms with Crippen LogP contribution < -0.4 is 25.1 Å². The predicted molar refractivity (Wildman–Crippen MR) is 196 cm³/mol. The summed E-state index contributed by atoms with van der Waals surface area (Å²) in [5.41, 5.74) is 4.69. The summed E-state index contributed by atoms with van der Waals surface area (Å²) >= 11 is 0. The highest BCUT2D eigenvalue weighted by molar-refractivity contribution is 5.92. The number of halogens is 1. The van der Waals surface area contributed by atoms with Crippen molar-refractivity contribution in [2.45, 2.75) is 47.0 Å². The number of anilines is 1. The van der Waals surface area contributed by atoms with Crippen LogP contribution in [0.2, 0.25) is 0 Å². The molecule has 9 nitrogen and oxygen atoms in total. The van der Waals surface area contributed by atoms with E-state index in [0.29, 0.717) is 64.7 Å². The number of fused-ring (bicyclic) bond motifs is 1. The molecule has 4 aromatic carbocycles. The zero-order chi connectivity index (χ0) is 35.8. The topological polar surface area (TPSA) is 104 Å². The standard InChI is InChI=1S/C40H41FN4O5/c1-7-12-28-20-27(21-36(49-9-3)38(28)50-24-37(46)43-30-17-15-29(41)16-18-30)23-42-45-39(44-34-14-11-10-13-31(34)40(45)47)33-22-32(25(4)5)35(48-8-2)19-26(33)6/h7,10-11,13-23,25H,1,8-9,12,24H2,2-6H3,(H,43,46). The average Bonchev–Trinajstić information content (AvgIpc) is 3.09. The second-order valence-corrected chi connectivity index (χ2v) is 11.9. The van der Waals surface area contributed by atoms with Crippen LogP contribution >= 0.6 is 0 Å². The van der Waals surface area contributed by atoms with E-state index in [1.807, 2.05) is 51.1 Å². The van der Waals surface area contributed by atoms with E-state index < -0.39 is 11.7 Å². The first kappa shape index (κ1) is 35.5. The molecule has 5 aromatic rings. The smallest absolute Gasteiger partial charge is 0.282 e. The molecule has 1 heterocycles. The third kappa shape index (κ3) is 8.08. The number of para-hydroxylation sites is 1. The molecule has 10 heteroatoms. The number of carbonyl (C=O) groups excluding carboxylic acids is 1. The molecule has 0 aliphatic carbocycles. The summed E-state index contributed by atoms with van der Waals surface area (Å²) in [4.78, 5) is 31.6. The zero-order valence-corrected chi connectivity index (χ0v) is 29.0. The predicted octanol–water partition coefficient (Wildman–Crippen LogP) is 8.06. The fourth-order valence-corrected chi connectivity index (χ4v) is 5.56. The van der Waals surface area contributed by atoms with Gasteiger partial charge in [-0.1, -0.05) is 32.1 Å². The van der Waals surface area contributed by atoms with E-state index in [4.69, 9.17) is 24.3 Å². The first-order valence-corrected chi connectivity index (χ1v) is 16.6. The van der Waals surface area contributed by atoms with Crippen LogP contribution in [-0.4, -0.2) is 41.6 Å². The van der Waals surface area contributed by atoms with Crippen molar-refractivity contribution in [3.8, 4) is 28.6 Å². The lowest BCUT2D eigenvalue weighted by atomic mass is 9.96. The Morgan fingerprint density at radius 2 is 1.72 bits per heavy atom. The van der Waals surface area contributed by atoms with E-state index in [0.717, 1.165) is 22.4 Å². The van der Waals surface area contributed by atoms with E-state index in [1.54, 1.807) is 30.5 Å². The van der Waals surface area contributed by atoms with Crippen molar-refractivity contribution in [1.29, 1.82) is 0 Å². The summed E-state index contributed by atoms with van der Waals surface area (Å²) in [6.07, 6.45) is 3.70. The maximum Gasteiger partial charge on any atom is 0.282 e. The molecule has 0 radical (unpaired) electrons. The van der Waals surface area contributed by atoms with Crippen LogP contribution in [0.5, 0.6) is 17.2 Å². The van der Waals surface area contributed by atoms with E-state index in [1.165, 1.54) is 28.9 Å². The van der Waals surface area contributed by atoms with Gasteiger partial charge < -0.3 is 19.5 Å². The number of aryl methyl sites for hydroxylation is 1. The normalized spacial score (nSPS) is 11.3. The largest absolute Gasteiger partial charge is 0.494 e. The van der Waals surface area contributed by atoms with Crippen LogP contribution in [0.1, 0.15) is 55.9 Å². The van der Waals surface area contributed by atoms with Gasteiger partial charge in [0.15, 0.2) is 23.9 Å². The number of ether oxygens (including phenoxy) is 3. The Balaban J connectivity index is 1.56. The molecule has 258 valence electrons. The molecule has 1 N–H and O–H groups in total. The van der Waals surface area contributed by atoms with E-state index in [9.17, 15) is 14.0 Å². The fraction of sp³-hybridized carbons (Fsp3) is 0.250. The number of nitrogens with zero attached hydrogens (tertiary/aromatic N) is 3. The minimum absolute atomic E-state index is 0.162. The van der Waals surface area contributed by atoms with Crippen molar-refractivity contribution in [1.82, 2.24) is 9.66 Å². The molecule has 1 amide bonds. The highest BCUT2D eigenvalue weighted by atomic mass is 19.1. The Hall–Kier alpha value is -5.77. The van der Waals surface area contributed by atoms with Gasteiger partial charge in [-0.25, -0.2) is 9.37 Å². The molecule has 0 aliphatic rings. The second kappa shape index (κ2) is 16.1. The van der Waals surface area contributed by atoms with Gasteiger partial charge in [-0.05, 0) is 110 Å². The molecule has 0 saturated carbocycles. The van der Waals surface area contributed by atoms with Gasteiger partial charge in [0.25, 0.3) is 11.5 Å². The van der Waals surface area contributed by atoms with Crippen molar-refractivity contribution in [3.05, 3.63) is 124 Å². The number of hydrogen-bond acceptors (Lipinski definition) is 7. The second-order valence-electron chi connectivity index (χ2n) is 11.9. The van der Waals surface area contributed by atoms with E-state index in [-0.39, 0.29) is 18.1 Å². The van der Waals surface area contributed by atoms with Crippen LogP contribution in [-0.2, 0) is 11.2 Å². The fourth-order valence-electron chi connectivity index (χ4n) is 5.56. The molecule has 1 aromatic heterocycles. The van der Waals surface area contributed by atoms with Gasteiger partial charge in [0.1, 0.15) is 11.6 Å². The van der Waals surface area contributed by atoms with Gasteiger partial charge in [-0.3, -0.25) is 9.59 Å². The Morgan fingerprint density at radius 1 is 1.00 bits per heavy atom. The number of allylic oxidation sites excluding steroid dienone is 1. The number of hydrogen-bond donors (Lipinski definition) is 1. The highest BCUT2D eigenvalue weighted by Gasteiger charge is 2.19. The molecule has 0 unspecified atom stereocenters. The summed E-state index contributed by atoms with van der Waals surface area (Å²) in [6, 6.07) is 20.3. The van der Waals surface area contributed by atoms with Gasteiger partial charge in [-0.15, -0.1) is 6.58 Å². The van der Waals surface area contributed by atoms with Gasteiger partial charge in [-0.2, -0.15) is 9.78 Å². The molecule has 0 fully saturated rings. The lowest BCUT2D eigenvalue weighted by molar-refractivity contribution is -0.118. The Labute approximate surface area is 291 Å². The van der Waals surface area contributed by atoms with Gasteiger partial charge in [0.2, 0.25) is 0 Å². The number of nitrogens with one attached hydrogen (secondary N) is 1. The minimum atomic E-state index is -0.421. The first-order valence-electron chi connectivity index (χ1n) is 16.6. The van der Waals surface area contributed by atoms with Crippen LogP contribution in [0.15, 0.2) is 95.3 Å². The van der Waals surface area contributed by atoms with Crippen LogP contribution in [0.4, 0.5) is 10.1 Å². The third-order valence-corrected chi connectivity index (χ3v) is 7.89. The van der Waals surface area contributed by atoms with Crippen molar-refractivity contribution in [3.63, 3.8) is 0 Å². The molecule has 0 saturated heterocycles.